The van der Waals surface area contributed by atoms with Crippen LogP contribution in [0.15, 0.2) is 66.7 Å². The van der Waals surface area contributed by atoms with Gasteiger partial charge in [-0.15, -0.1) is 0 Å². The lowest BCUT2D eigenvalue weighted by atomic mass is 9.77. The van der Waals surface area contributed by atoms with Crippen molar-refractivity contribution in [1.82, 2.24) is 0 Å². The number of aromatic hydroxyl groups is 2. The lowest BCUT2D eigenvalue weighted by molar-refractivity contribution is -0.0554. The number of ether oxygens (including phenoxy) is 4. The van der Waals surface area contributed by atoms with Gasteiger partial charge < -0.3 is 39.4 Å². The summed E-state index contributed by atoms with van der Waals surface area (Å²) in [5.41, 5.74) is 5.32. The molecule has 8 heteroatoms. The Kier molecular flexibility index (Phi) is 7.81. The molecule has 4 atom stereocenters. The average Bonchev–Trinajstić information content (AvgIpc) is 3.02. The third-order valence-corrected chi connectivity index (χ3v) is 8.69. The highest BCUT2D eigenvalue weighted by Gasteiger charge is 2.43. The van der Waals surface area contributed by atoms with Crippen LogP contribution >= 0.6 is 0 Å². The summed E-state index contributed by atoms with van der Waals surface area (Å²) in [7, 11) is 3.14. The number of methoxy groups -OCH3 is 2. The van der Waals surface area contributed by atoms with Crippen LogP contribution in [-0.2, 0) is 12.8 Å². The van der Waals surface area contributed by atoms with E-state index in [1.807, 2.05) is 25.1 Å². The summed E-state index contributed by atoms with van der Waals surface area (Å²) in [4.78, 5) is 0. The summed E-state index contributed by atoms with van der Waals surface area (Å²) in [5.74, 6) is 1.80. The number of fused-ring (bicyclic) bond motifs is 2. The highest BCUT2D eigenvalue weighted by atomic mass is 16.5. The van der Waals surface area contributed by atoms with E-state index in [1.54, 1.807) is 62.8 Å². The SMILES string of the molecule is CCc1cc(-c2cccc(O)c2)c(Cc2cc(OC)cc3c2OC[C@H]([C@H]2COc4ccc(OC)cc4[C@@H]2O)[C@@H]3O)cc1O. The molecule has 0 radical (unpaired) electrons. The third kappa shape index (κ3) is 5.32. The molecule has 4 N–H and O–H groups in total. The Labute approximate surface area is 250 Å². The van der Waals surface area contributed by atoms with Crippen molar-refractivity contribution in [2.24, 2.45) is 11.8 Å². The van der Waals surface area contributed by atoms with Crippen molar-refractivity contribution in [1.29, 1.82) is 0 Å². The van der Waals surface area contributed by atoms with Crippen molar-refractivity contribution in [2.45, 2.75) is 32.0 Å². The first kappa shape index (κ1) is 28.7. The number of hydrogen-bond donors (Lipinski definition) is 4. The topological polar surface area (TPSA) is 118 Å². The zero-order chi connectivity index (χ0) is 30.2. The van der Waals surface area contributed by atoms with Crippen LogP contribution in [0.4, 0.5) is 0 Å². The summed E-state index contributed by atoms with van der Waals surface area (Å²) in [6.07, 6.45) is -0.799. The van der Waals surface area contributed by atoms with Crippen LogP contribution in [-0.4, -0.2) is 47.9 Å². The second kappa shape index (κ2) is 11.7. The molecule has 0 aromatic heterocycles. The second-order valence-electron chi connectivity index (χ2n) is 11.2. The van der Waals surface area contributed by atoms with Gasteiger partial charge in [0.25, 0.3) is 0 Å². The number of aliphatic hydroxyl groups is 2. The summed E-state index contributed by atoms with van der Waals surface area (Å²) >= 11 is 0. The summed E-state index contributed by atoms with van der Waals surface area (Å²) in [5, 5.41) is 44.1. The Hall–Kier alpha value is -4.40. The van der Waals surface area contributed by atoms with E-state index in [1.165, 1.54) is 0 Å². The lowest BCUT2D eigenvalue weighted by Gasteiger charge is -2.40. The van der Waals surface area contributed by atoms with Gasteiger partial charge in [-0.05, 0) is 83.3 Å². The summed E-state index contributed by atoms with van der Waals surface area (Å²) < 4.78 is 23.3. The van der Waals surface area contributed by atoms with Gasteiger partial charge in [-0.3, -0.25) is 0 Å². The quantitative estimate of drug-likeness (QED) is 0.218. The first-order valence-electron chi connectivity index (χ1n) is 14.5. The monoisotopic (exact) mass is 584 g/mol. The normalized spacial score (nSPS) is 20.8. The predicted molar refractivity (Wildman–Crippen MR) is 161 cm³/mol. The first-order chi connectivity index (χ1) is 20.8. The van der Waals surface area contributed by atoms with Crippen LogP contribution in [0.1, 0.15) is 46.9 Å². The fourth-order valence-electron chi connectivity index (χ4n) is 6.32. The van der Waals surface area contributed by atoms with E-state index in [-0.39, 0.29) is 24.7 Å². The maximum absolute atomic E-state index is 11.7. The third-order valence-electron chi connectivity index (χ3n) is 8.69. The van der Waals surface area contributed by atoms with E-state index in [0.717, 1.165) is 27.8 Å². The fourth-order valence-corrected chi connectivity index (χ4v) is 6.32. The van der Waals surface area contributed by atoms with Crippen molar-refractivity contribution in [3.63, 3.8) is 0 Å². The van der Waals surface area contributed by atoms with E-state index < -0.39 is 24.0 Å². The highest BCUT2D eigenvalue weighted by Crippen LogP contribution is 2.49. The van der Waals surface area contributed by atoms with Gasteiger partial charge in [-0.25, -0.2) is 0 Å². The summed E-state index contributed by atoms with van der Waals surface area (Å²) in [6, 6.07) is 19.7. The minimum absolute atomic E-state index is 0.153. The van der Waals surface area contributed by atoms with Crippen LogP contribution in [0.25, 0.3) is 11.1 Å². The molecule has 224 valence electrons. The molecule has 0 unspecified atom stereocenters. The molecule has 0 saturated heterocycles. The van der Waals surface area contributed by atoms with E-state index in [9.17, 15) is 20.4 Å². The summed E-state index contributed by atoms with van der Waals surface area (Å²) in [6.45, 7) is 2.39. The molecule has 2 aliphatic heterocycles. The molecule has 0 bridgehead atoms. The number of phenolic OH excluding ortho intramolecular Hbond substituents is 2. The minimum atomic E-state index is -0.950. The smallest absolute Gasteiger partial charge is 0.128 e. The van der Waals surface area contributed by atoms with Gasteiger partial charge >= 0.3 is 0 Å². The first-order valence-corrected chi connectivity index (χ1v) is 14.5. The van der Waals surface area contributed by atoms with Crippen LogP contribution in [0.2, 0.25) is 0 Å². The molecule has 6 rings (SSSR count). The number of aliphatic hydroxyl groups excluding tert-OH is 2. The van der Waals surface area contributed by atoms with Gasteiger partial charge in [0.05, 0.1) is 39.6 Å². The second-order valence-corrected chi connectivity index (χ2v) is 11.2. The molecule has 0 fully saturated rings. The molecule has 4 aromatic rings. The number of aryl methyl sites for hydroxylation is 1. The molecule has 4 aromatic carbocycles. The molecular weight excluding hydrogens is 548 g/mol. The molecule has 8 nitrogen and oxygen atoms in total. The Morgan fingerprint density at radius 2 is 1.47 bits per heavy atom. The molecule has 0 saturated carbocycles. The maximum atomic E-state index is 11.7. The van der Waals surface area contributed by atoms with Gasteiger partial charge in [0.1, 0.15) is 34.5 Å². The number of rotatable bonds is 7. The van der Waals surface area contributed by atoms with Gasteiger partial charge in [0, 0.05) is 34.9 Å². The number of phenols is 2. The van der Waals surface area contributed by atoms with Crippen LogP contribution in [0, 0.1) is 11.8 Å². The molecule has 2 heterocycles. The Balaban J connectivity index is 1.36. The molecule has 0 amide bonds. The average molecular weight is 585 g/mol. The molecule has 0 spiro atoms. The number of benzene rings is 4. The van der Waals surface area contributed by atoms with Gasteiger partial charge in [0.2, 0.25) is 0 Å². The largest absolute Gasteiger partial charge is 0.508 e. The van der Waals surface area contributed by atoms with Crippen molar-refractivity contribution < 1.29 is 39.4 Å². The number of hydrogen-bond acceptors (Lipinski definition) is 8. The Morgan fingerprint density at radius 1 is 0.744 bits per heavy atom. The molecule has 0 aliphatic carbocycles. The van der Waals surface area contributed by atoms with Crippen LogP contribution in [0.3, 0.4) is 0 Å². The standard InChI is InChI=1S/C35H36O8/c1-4-19-13-26(20-6-5-7-23(36)11-20)21(14-31(19)37)10-22-12-25(41-3)16-28-34(39)30(18-43-35(22)28)29-17-42-32-9-8-24(40-2)15-27(32)33(29)38/h5-9,11-16,29-30,33-34,36-39H,4,10,17-18H2,1-3H3/t29-,30-,33+,34-/m1/s1. The zero-order valence-electron chi connectivity index (χ0n) is 24.4. The zero-order valence-corrected chi connectivity index (χ0v) is 24.4. The highest BCUT2D eigenvalue weighted by molar-refractivity contribution is 5.72. The predicted octanol–water partition coefficient (Wildman–Crippen LogP) is 5.72. The van der Waals surface area contributed by atoms with E-state index in [0.29, 0.717) is 47.0 Å². The van der Waals surface area contributed by atoms with E-state index in [4.69, 9.17) is 18.9 Å². The van der Waals surface area contributed by atoms with Crippen molar-refractivity contribution in [2.75, 3.05) is 27.4 Å². The molecule has 2 aliphatic rings. The Morgan fingerprint density at radius 3 is 2.19 bits per heavy atom. The Bertz CT molecular complexity index is 1650. The van der Waals surface area contributed by atoms with E-state index in [2.05, 4.69) is 0 Å². The molecular formula is C35H36O8. The van der Waals surface area contributed by atoms with Gasteiger partial charge in [-0.1, -0.05) is 19.1 Å². The van der Waals surface area contributed by atoms with Crippen molar-refractivity contribution >= 4 is 0 Å². The minimum Gasteiger partial charge on any atom is -0.508 e. The molecule has 43 heavy (non-hydrogen) atoms. The van der Waals surface area contributed by atoms with Crippen molar-refractivity contribution in [3.05, 3.63) is 94.5 Å². The lowest BCUT2D eigenvalue weighted by Crippen LogP contribution is -2.40. The maximum Gasteiger partial charge on any atom is 0.128 e. The van der Waals surface area contributed by atoms with Gasteiger partial charge in [0.15, 0.2) is 0 Å². The van der Waals surface area contributed by atoms with Crippen molar-refractivity contribution in [3.8, 4) is 45.6 Å². The van der Waals surface area contributed by atoms with E-state index >= 15 is 0 Å². The van der Waals surface area contributed by atoms with Crippen LogP contribution < -0.4 is 18.9 Å². The fraction of sp³-hybridized carbons (Fsp3) is 0.314. The van der Waals surface area contributed by atoms with Crippen LogP contribution in [0.5, 0.6) is 34.5 Å². The van der Waals surface area contributed by atoms with Gasteiger partial charge in [-0.2, -0.15) is 0 Å².